The first-order chi connectivity index (χ1) is 3.39. The topological polar surface area (TPSA) is 12.9 Å². The second-order valence-corrected chi connectivity index (χ2v) is 1.49. The van der Waals surface area contributed by atoms with Crippen molar-refractivity contribution < 1.29 is 0 Å². The highest BCUT2D eigenvalue weighted by atomic mass is 35.5. The van der Waals surface area contributed by atoms with E-state index in [1.807, 2.05) is 0 Å². The van der Waals surface area contributed by atoms with Gasteiger partial charge in [0.05, 0.1) is 5.02 Å². The number of hydrogen-bond donors (Lipinski definition) is 0. The summed E-state index contributed by atoms with van der Waals surface area (Å²) in [6.07, 6.45) is 3.17. The zero-order chi connectivity index (χ0) is 5.11. The molecule has 0 aliphatic rings. The van der Waals surface area contributed by atoms with Gasteiger partial charge >= 0.3 is 0 Å². The maximum absolute atomic E-state index is 5.42. The van der Waals surface area contributed by atoms with Gasteiger partial charge in [-0.15, -0.1) is 0 Å². The normalized spacial score (nSPS) is 8.71. The van der Waals surface area contributed by atoms with Gasteiger partial charge in [-0.05, 0) is 6.07 Å². The molecule has 0 bridgehead atoms. The summed E-state index contributed by atoms with van der Waals surface area (Å²) in [5.74, 6) is 0. The van der Waals surface area contributed by atoms with E-state index in [2.05, 4.69) is 11.1 Å². The van der Waals surface area contributed by atoms with Crippen molar-refractivity contribution in [2.75, 3.05) is 0 Å². The van der Waals surface area contributed by atoms with Crippen molar-refractivity contribution in [3.63, 3.8) is 0 Å². The standard InChI is InChI=1S/C5H3ClN/c6-5-2-1-3-7-4-5/h1,3-4H. The molecule has 0 unspecified atom stereocenters. The molecule has 0 fully saturated rings. The SMILES string of the molecule is Clc1[c]ccnc1. The van der Waals surface area contributed by atoms with Crippen LogP contribution in [0.4, 0.5) is 0 Å². The molecular weight excluding hydrogens is 110 g/mol. The minimum absolute atomic E-state index is 0.558. The van der Waals surface area contributed by atoms with Crippen LogP contribution >= 0.6 is 11.6 Å². The first-order valence-corrected chi connectivity index (χ1v) is 2.24. The van der Waals surface area contributed by atoms with Crippen molar-refractivity contribution in [3.8, 4) is 0 Å². The van der Waals surface area contributed by atoms with Gasteiger partial charge < -0.3 is 0 Å². The maximum Gasteiger partial charge on any atom is 0.0668 e. The molecule has 1 aromatic rings. The second-order valence-electron chi connectivity index (χ2n) is 1.09. The fourth-order valence-electron chi connectivity index (χ4n) is 0.306. The number of pyridine rings is 1. The van der Waals surface area contributed by atoms with Gasteiger partial charge in [0.15, 0.2) is 0 Å². The number of halogens is 1. The van der Waals surface area contributed by atoms with Crippen LogP contribution in [0, 0.1) is 6.07 Å². The largest absolute Gasteiger partial charge is 0.263 e. The second kappa shape index (κ2) is 1.94. The molecule has 0 aliphatic heterocycles. The Balaban J connectivity index is 3.02. The van der Waals surface area contributed by atoms with Gasteiger partial charge in [-0.25, -0.2) is 0 Å². The summed E-state index contributed by atoms with van der Waals surface area (Å²) in [5.41, 5.74) is 0. The Hall–Kier alpha value is -0.560. The molecule has 2 heteroatoms. The van der Waals surface area contributed by atoms with E-state index in [1.165, 1.54) is 0 Å². The smallest absolute Gasteiger partial charge is 0.0668 e. The third-order valence-electron chi connectivity index (χ3n) is 0.570. The third kappa shape index (κ3) is 1.16. The Bertz CT molecular complexity index is 138. The minimum atomic E-state index is 0.558. The van der Waals surface area contributed by atoms with Crippen LogP contribution in [-0.4, -0.2) is 4.98 Å². The Morgan fingerprint density at radius 3 is 2.86 bits per heavy atom. The van der Waals surface area contributed by atoms with Gasteiger partial charge in [-0.2, -0.15) is 0 Å². The summed E-state index contributed by atoms with van der Waals surface area (Å²) < 4.78 is 0. The highest BCUT2D eigenvalue weighted by Crippen LogP contribution is 1.99. The van der Waals surface area contributed by atoms with Crippen LogP contribution in [0.15, 0.2) is 18.5 Å². The lowest BCUT2D eigenvalue weighted by Gasteiger charge is -1.78. The Morgan fingerprint density at radius 1 is 1.71 bits per heavy atom. The molecule has 1 nitrogen and oxygen atoms in total. The summed E-state index contributed by atoms with van der Waals surface area (Å²) in [4.78, 5) is 3.72. The van der Waals surface area contributed by atoms with E-state index in [-0.39, 0.29) is 0 Å². The van der Waals surface area contributed by atoms with E-state index in [4.69, 9.17) is 11.6 Å². The first-order valence-electron chi connectivity index (χ1n) is 1.87. The van der Waals surface area contributed by atoms with Gasteiger partial charge in [0.1, 0.15) is 0 Å². The van der Waals surface area contributed by atoms with Crippen LogP contribution in [-0.2, 0) is 0 Å². The van der Waals surface area contributed by atoms with E-state index in [1.54, 1.807) is 18.5 Å². The molecule has 0 saturated carbocycles. The van der Waals surface area contributed by atoms with Gasteiger partial charge in [0.2, 0.25) is 0 Å². The average molecular weight is 113 g/mol. The maximum atomic E-state index is 5.42. The van der Waals surface area contributed by atoms with Crippen molar-refractivity contribution in [1.82, 2.24) is 4.98 Å². The molecule has 0 amide bonds. The number of nitrogens with zero attached hydrogens (tertiary/aromatic N) is 1. The van der Waals surface area contributed by atoms with Gasteiger partial charge in [-0.3, -0.25) is 4.98 Å². The number of hydrogen-bond acceptors (Lipinski definition) is 1. The molecule has 35 valence electrons. The monoisotopic (exact) mass is 112 g/mol. The fourth-order valence-corrected chi connectivity index (χ4v) is 0.425. The molecule has 0 saturated heterocycles. The van der Waals surface area contributed by atoms with Crippen molar-refractivity contribution in [3.05, 3.63) is 29.5 Å². The Morgan fingerprint density at radius 2 is 2.57 bits per heavy atom. The van der Waals surface area contributed by atoms with Crippen LogP contribution in [0.1, 0.15) is 0 Å². The molecule has 1 rings (SSSR count). The molecule has 1 heterocycles. The zero-order valence-corrected chi connectivity index (χ0v) is 4.31. The Kier molecular flexibility index (Phi) is 1.27. The predicted octanol–water partition coefficient (Wildman–Crippen LogP) is 1.54. The molecule has 1 aromatic heterocycles. The molecule has 0 aromatic carbocycles. The minimum Gasteiger partial charge on any atom is -0.263 e. The van der Waals surface area contributed by atoms with Crippen LogP contribution in [0.25, 0.3) is 0 Å². The molecule has 0 atom stereocenters. The highest BCUT2D eigenvalue weighted by Gasteiger charge is 1.77. The third-order valence-corrected chi connectivity index (χ3v) is 0.776. The van der Waals surface area contributed by atoms with E-state index in [0.29, 0.717) is 5.02 Å². The van der Waals surface area contributed by atoms with Gasteiger partial charge in [-0.1, -0.05) is 11.6 Å². The molecule has 7 heavy (non-hydrogen) atoms. The zero-order valence-electron chi connectivity index (χ0n) is 3.56. The molecule has 0 N–H and O–H groups in total. The lowest BCUT2D eigenvalue weighted by atomic mass is 10.5. The van der Waals surface area contributed by atoms with Gasteiger partial charge in [0, 0.05) is 18.5 Å². The summed E-state index contributed by atoms with van der Waals surface area (Å²) in [7, 11) is 0. The highest BCUT2D eigenvalue weighted by molar-refractivity contribution is 6.30. The number of rotatable bonds is 0. The van der Waals surface area contributed by atoms with E-state index < -0.39 is 0 Å². The Labute approximate surface area is 47.0 Å². The van der Waals surface area contributed by atoms with Crippen molar-refractivity contribution in [2.24, 2.45) is 0 Å². The fraction of sp³-hybridized carbons (Fsp3) is 0. The summed E-state index contributed by atoms with van der Waals surface area (Å²) in [5, 5.41) is 0.558. The summed E-state index contributed by atoms with van der Waals surface area (Å²) in [6, 6.07) is 4.40. The van der Waals surface area contributed by atoms with E-state index in [0.717, 1.165) is 0 Å². The van der Waals surface area contributed by atoms with Crippen molar-refractivity contribution in [1.29, 1.82) is 0 Å². The number of aromatic nitrogens is 1. The molecule has 0 spiro atoms. The van der Waals surface area contributed by atoms with Crippen LogP contribution in [0.3, 0.4) is 0 Å². The summed E-state index contributed by atoms with van der Waals surface area (Å²) >= 11 is 5.42. The van der Waals surface area contributed by atoms with Crippen LogP contribution in [0.2, 0.25) is 5.02 Å². The van der Waals surface area contributed by atoms with E-state index >= 15 is 0 Å². The predicted molar refractivity (Wildman–Crippen MR) is 28.1 cm³/mol. The lowest BCUT2D eigenvalue weighted by molar-refractivity contribution is 1.33. The molecular formula is C5H3ClN. The van der Waals surface area contributed by atoms with Crippen molar-refractivity contribution >= 4 is 11.6 Å². The molecule has 0 aliphatic carbocycles. The average Bonchev–Trinajstić information content (AvgIpc) is 1.69. The lowest BCUT2D eigenvalue weighted by Crippen LogP contribution is -1.64. The van der Waals surface area contributed by atoms with Crippen LogP contribution in [0.5, 0.6) is 0 Å². The molecule has 1 radical (unpaired) electrons. The van der Waals surface area contributed by atoms with E-state index in [9.17, 15) is 0 Å². The first kappa shape index (κ1) is 4.60. The summed E-state index contributed by atoms with van der Waals surface area (Å²) in [6.45, 7) is 0. The quantitative estimate of drug-likeness (QED) is 0.496. The van der Waals surface area contributed by atoms with Crippen molar-refractivity contribution in [2.45, 2.75) is 0 Å². The van der Waals surface area contributed by atoms with Gasteiger partial charge in [0.25, 0.3) is 0 Å². The van der Waals surface area contributed by atoms with Crippen LogP contribution < -0.4 is 0 Å².